The van der Waals surface area contributed by atoms with Gasteiger partial charge in [-0.2, -0.15) is 8.78 Å². The number of anilines is 1. The van der Waals surface area contributed by atoms with Gasteiger partial charge >= 0.3 is 0 Å². The number of carbonyl (C=O) groups excluding carboxylic acids is 2. The summed E-state index contributed by atoms with van der Waals surface area (Å²) in [5.74, 6) is -2.95. The molecule has 1 aliphatic heterocycles. The highest BCUT2D eigenvalue weighted by Gasteiger charge is 2.31. The molecule has 0 bridgehead atoms. The summed E-state index contributed by atoms with van der Waals surface area (Å²) in [7, 11) is 0. The average Bonchev–Trinajstić information content (AvgIpc) is 2.55. The second kappa shape index (κ2) is 8.43. The van der Waals surface area contributed by atoms with Gasteiger partial charge in [-0.25, -0.2) is 0 Å². The number of carbonyl (C=O) groups is 2. The normalized spacial score (nSPS) is 22.2. The largest absolute Gasteiger partial charge is 0.369 e. The third-order valence-corrected chi connectivity index (χ3v) is 5.11. The maximum atomic E-state index is 12.3. The maximum Gasteiger partial charge on any atom is 0.288 e. The first-order valence-electron chi connectivity index (χ1n) is 7.86. The van der Waals surface area contributed by atoms with E-state index in [4.69, 9.17) is 5.73 Å². The van der Waals surface area contributed by atoms with Crippen molar-refractivity contribution in [3.8, 4) is 0 Å². The second-order valence-corrected chi connectivity index (χ2v) is 7.01. The van der Waals surface area contributed by atoms with Crippen LogP contribution < -0.4 is 16.0 Å². The van der Waals surface area contributed by atoms with Crippen LogP contribution in [0.5, 0.6) is 0 Å². The zero-order chi connectivity index (χ0) is 17.7. The van der Waals surface area contributed by atoms with Crippen molar-refractivity contribution in [1.82, 2.24) is 0 Å². The lowest BCUT2D eigenvalue weighted by Crippen LogP contribution is -3.17. The van der Waals surface area contributed by atoms with Crippen LogP contribution in [-0.4, -0.2) is 36.7 Å². The van der Waals surface area contributed by atoms with Crippen LogP contribution in [0, 0.1) is 5.92 Å². The highest BCUT2D eigenvalue weighted by molar-refractivity contribution is 7.99. The van der Waals surface area contributed by atoms with Crippen LogP contribution in [-0.2, 0) is 9.59 Å². The van der Waals surface area contributed by atoms with Crippen molar-refractivity contribution in [1.29, 1.82) is 0 Å². The Bertz CT molecular complexity index is 575. The van der Waals surface area contributed by atoms with Crippen LogP contribution in [0.1, 0.15) is 19.8 Å². The van der Waals surface area contributed by atoms with E-state index in [2.05, 4.69) is 5.32 Å². The van der Waals surface area contributed by atoms with Crippen molar-refractivity contribution >= 4 is 29.3 Å². The van der Waals surface area contributed by atoms with E-state index in [0.717, 1.165) is 18.0 Å². The molecule has 1 fully saturated rings. The number of thioether (sulfide) groups is 1. The molecular formula is C16H22F2N3O2S+. The molecule has 8 heteroatoms. The van der Waals surface area contributed by atoms with Gasteiger partial charge in [-0.05, 0) is 31.2 Å². The summed E-state index contributed by atoms with van der Waals surface area (Å²) >= 11 is 0.470. The van der Waals surface area contributed by atoms with Crippen LogP contribution in [0.25, 0.3) is 0 Å². The Labute approximate surface area is 144 Å². The van der Waals surface area contributed by atoms with Crippen LogP contribution >= 0.6 is 11.8 Å². The molecule has 1 atom stereocenters. The molecule has 1 aromatic carbocycles. The monoisotopic (exact) mass is 358 g/mol. The Balaban J connectivity index is 1.86. The number of nitrogens with two attached hydrogens (primary N) is 1. The van der Waals surface area contributed by atoms with Gasteiger partial charge in [0.15, 0.2) is 6.04 Å². The number of alkyl halides is 2. The summed E-state index contributed by atoms with van der Waals surface area (Å²) in [5, 5.41) is 2.81. The zero-order valence-electron chi connectivity index (χ0n) is 13.4. The van der Waals surface area contributed by atoms with Gasteiger partial charge in [0.05, 0.1) is 13.1 Å². The van der Waals surface area contributed by atoms with Crippen LogP contribution in [0.4, 0.5) is 14.5 Å². The van der Waals surface area contributed by atoms with Crippen molar-refractivity contribution in [3.05, 3.63) is 24.3 Å². The van der Waals surface area contributed by atoms with Gasteiger partial charge in [0.2, 0.25) is 5.91 Å². The van der Waals surface area contributed by atoms with Gasteiger partial charge in [0, 0.05) is 29.3 Å². The summed E-state index contributed by atoms with van der Waals surface area (Å²) in [6.07, 6.45) is 1.39. The molecule has 1 saturated heterocycles. The first-order valence-corrected chi connectivity index (χ1v) is 8.74. The number of primary amides is 1. The van der Waals surface area contributed by atoms with Gasteiger partial charge < -0.3 is 16.0 Å². The van der Waals surface area contributed by atoms with E-state index in [1.165, 1.54) is 0 Å². The fourth-order valence-corrected chi connectivity index (χ4v) is 3.36. The van der Waals surface area contributed by atoms with E-state index in [9.17, 15) is 18.4 Å². The summed E-state index contributed by atoms with van der Waals surface area (Å²) in [6, 6.07) is 6.09. The van der Waals surface area contributed by atoms with Gasteiger partial charge in [0.25, 0.3) is 11.7 Å². The van der Waals surface area contributed by atoms with Crippen molar-refractivity contribution in [2.45, 2.75) is 36.5 Å². The van der Waals surface area contributed by atoms with Crippen molar-refractivity contribution < 1.29 is 23.3 Å². The van der Waals surface area contributed by atoms with Crippen molar-refractivity contribution in [2.24, 2.45) is 11.7 Å². The summed E-state index contributed by atoms with van der Waals surface area (Å²) in [5.41, 5.74) is 5.90. The Morgan fingerprint density at radius 3 is 2.33 bits per heavy atom. The average molecular weight is 358 g/mol. The summed E-state index contributed by atoms with van der Waals surface area (Å²) in [4.78, 5) is 25.1. The van der Waals surface area contributed by atoms with Crippen LogP contribution in [0.3, 0.4) is 0 Å². The number of halogens is 2. The van der Waals surface area contributed by atoms with Gasteiger partial charge in [-0.15, -0.1) is 0 Å². The molecule has 1 heterocycles. The quantitative estimate of drug-likeness (QED) is 0.667. The molecule has 1 aromatic rings. The maximum absolute atomic E-state index is 12.3. The van der Waals surface area contributed by atoms with Crippen LogP contribution in [0.2, 0.25) is 0 Å². The molecule has 5 nitrogen and oxygen atoms in total. The number of amides is 2. The minimum atomic E-state index is -2.46. The molecule has 0 saturated carbocycles. The van der Waals surface area contributed by atoms with Crippen molar-refractivity contribution in [3.63, 3.8) is 0 Å². The smallest absolute Gasteiger partial charge is 0.288 e. The van der Waals surface area contributed by atoms with Crippen LogP contribution in [0.15, 0.2) is 29.2 Å². The third-order valence-electron chi connectivity index (χ3n) is 4.38. The second-order valence-electron chi connectivity index (χ2n) is 5.95. The zero-order valence-corrected chi connectivity index (χ0v) is 14.2. The standard InChI is InChI=1S/C16H21F2N3O2S/c1-10(21-8-6-11(7-9-21)14(19)22)15(23)20-12-2-4-13(5-3-12)24-16(17)18/h2-5,10-11,16H,6-9H2,1H3,(H2,19,22)(H,20,23)/p+1/t10-/m1/s1. The molecule has 24 heavy (non-hydrogen) atoms. The fourth-order valence-electron chi connectivity index (χ4n) is 2.86. The number of quaternary nitrogens is 1. The molecule has 132 valence electrons. The first-order chi connectivity index (χ1) is 11.4. The number of likely N-dealkylation sites (tertiary alicyclic amines) is 1. The number of benzene rings is 1. The Morgan fingerprint density at radius 2 is 1.83 bits per heavy atom. The Hall–Kier alpha value is -1.67. The molecule has 2 rings (SSSR count). The number of rotatable bonds is 6. The lowest BCUT2D eigenvalue weighted by molar-refractivity contribution is -0.919. The molecule has 0 radical (unpaired) electrons. The lowest BCUT2D eigenvalue weighted by atomic mass is 9.95. The van der Waals surface area contributed by atoms with E-state index in [1.54, 1.807) is 24.3 Å². The predicted molar refractivity (Wildman–Crippen MR) is 89.0 cm³/mol. The predicted octanol–water partition coefficient (Wildman–Crippen LogP) is 1.11. The highest BCUT2D eigenvalue weighted by Crippen LogP contribution is 2.26. The van der Waals surface area contributed by atoms with Gasteiger partial charge in [-0.1, -0.05) is 11.8 Å². The van der Waals surface area contributed by atoms with Crippen molar-refractivity contribution in [2.75, 3.05) is 18.4 Å². The molecular weight excluding hydrogens is 336 g/mol. The molecule has 0 aromatic heterocycles. The molecule has 1 aliphatic rings. The Kier molecular flexibility index (Phi) is 6.56. The third kappa shape index (κ3) is 5.17. The lowest BCUT2D eigenvalue weighted by Gasteiger charge is -2.31. The summed E-state index contributed by atoms with van der Waals surface area (Å²) in [6.45, 7) is 3.30. The number of hydrogen-bond acceptors (Lipinski definition) is 3. The minimum absolute atomic E-state index is 0.0936. The molecule has 4 N–H and O–H groups in total. The SMILES string of the molecule is C[C@H](C(=O)Nc1ccc(SC(F)F)cc1)[NH+]1CCC(C(N)=O)CC1. The van der Waals surface area contributed by atoms with E-state index < -0.39 is 5.76 Å². The first kappa shape index (κ1) is 18.7. The number of hydrogen-bond donors (Lipinski definition) is 3. The molecule has 0 spiro atoms. The molecule has 0 unspecified atom stereocenters. The highest BCUT2D eigenvalue weighted by atomic mass is 32.2. The number of nitrogens with one attached hydrogen (secondary N) is 2. The topological polar surface area (TPSA) is 76.6 Å². The van der Waals surface area contributed by atoms with E-state index in [1.807, 2.05) is 6.92 Å². The number of piperidine rings is 1. The van der Waals surface area contributed by atoms with E-state index >= 15 is 0 Å². The Morgan fingerprint density at radius 1 is 1.25 bits per heavy atom. The summed E-state index contributed by atoms with van der Waals surface area (Å²) < 4.78 is 24.6. The van der Waals surface area contributed by atoms with Gasteiger partial charge in [0.1, 0.15) is 0 Å². The molecule has 0 aliphatic carbocycles. The van der Waals surface area contributed by atoms with E-state index in [0.29, 0.717) is 35.2 Å². The van der Waals surface area contributed by atoms with E-state index in [-0.39, 0.29) is 23.8 Å². The fraction of sp³-hybridized carbons (Fsp3) is 0.500. The van der Waals surface area contributed by atoms with Gasteiger partial charge in [-0.3, -0.25) is 9.59 Å². The molecule has 2 amide bonds. The minimum Gasteiger partial charge on any atom is -0.369 e.